The molecule has 1 aromatic rings. The van der Waals surface area contributed by atoms with E-state index in [2.05, 4.69) is 10.6 Å². The fourth-order valence-electron chi connectivity index (χ4n) is 5.38. The predicted molar refractivity (Wildman–Crippen MR) is 136 cm³/mol. The number of hydrogen-bond acceptors (Lipinski definition) is 7. The van der Waals surface area contributed by atoms with E-state index in [1.807, 2.05) is 20.8 Å². The molecule has 2 aliphatic heterocycles. The number of carbonyl (C=O) groups excluding carboxylic acids is 5. The highest BCUT2D eigenvalue weighted by Crippen LogP contribution is 2.33. The first-order valence-corrected chi connectivity index (χ1v) is 13.0. The zero-order chi connectivity index (χ0) is 26.9. The number of nitrogens with zero attached hydrogens (tertiary/aromatic N) is 2. The molecular weight excluding hydrogens is 476 g/mol. The molecule has 1 saturated heterocycles. The Morgan fingerprint density at radius 1 is 1.08 bits per heavy atom. The van der Waals surface area contributed by atoms with E-state index in [4.69, 9.17) is 4.74 Å². The van der Waals surface area contributed by atoms with Crippen LogP contribution in [0.1, 0.15) is 86.4 Å². The predicted octanol–water partition coefficient (Wildman–Crippen LogP) is 3.32. The summed E-state index contributed by atoms with van der Waals surface area (Å²) in [5, 5.41) is 5.54. The highest BCUT2D eigenvalue weighted by Gasteiger charge is 2.45. The number of anilines is 1. The van der Waals surface area contributed by atoms with Crippen molar-refractivity contribution in [2.45, 2.75) is 83.4 Å². The summed E-state index contributed by atoms with van der Waals surface area (Å²) in [7, 11) is 1.80. The molecule has 2 heterocycles. The molecule has 10 nitrogen and oxygen atoms in total. The molecule has 1 aliphatic carbocycles. The van der Waals surface area contributed by atoms with E-state index < -0.39 is 35.3 Å². The number of benzene rings is 1. The Morgan fingerprint density at radius 2 is 1.78 bits per heavy atom. The van der Waals surface area contributed by atoms with Gasteiger partial charge in [-0.15, -0.1) is 0 Å². The fourth-order valence-corrected chi connectivity index (χ4v) is 5.38. The van der Waals surface area contributed by atoms with Crippen LogP contribution in [0.2, 0.25) is 0 Å². The van der Waals surface area contributed by atoms with Crippen molar-refractivity contribution in [2.75, 3.05) is 18.9 Å². The number of fused-ring (bicyclic) bond motifs is 1. The third kappa shape index (κ3) is 5.78. The highest BCUT2D eigenvalue weighted by atomic mass is 16.6. The van der Waals surface area contributed by atoms with E-state index in [0.29, 0.717) is 18.2 Å². The van der Waals surface area contributed by atoms with Gasteiger partial charge in [0.15, 0.2) is 0 Å². The van der Waals surface area contributed by atoms with Crippen molar-refractivity contribution < 1.29 is 28.7 Å². The summed E-state index contributed by atoms with van der Waals surface area (Å²) in [6.45, 7) is 6.22. The van der Waals surface area contributed by atoms with E-state index in [9.17, 15) is 24.0 Å². The van der Waals surface area contributed by atoms with Gasteiger partial charge in [-0.1, -0.05) is 6.07 Å². The number of ether oxygens (including phenoxy) is 1. The van der Waals surface area contributed by atoms with Crippen molar-refractivity contribution in [1.82, 2.24) is 15.1 Å². The van der Waals surface area contributed by atoms with Crippen LogP contribution in [0.4, 0.5) is 10.5 Å². The molecule has 1 unspecified atom stereocenters. The fraction of sp³-hybridized carbons (Fsp3) is 0.593. The molecule has 0 spiro atoms. The van der Waals surface area contributed by atoms with Gasteiger partial charge in [0.2, 0.25) is 11.8 Å². The van der Waals surface area contributed by atoms with Gasteiger partial charge in [0.25, 0.3) is 11.8 Å². The van der Waals surface area contributed by atoms with Crippen molar-refractivity contribution in [3.63, 3.8) is 0 Å². The van der Waals surface area contributed by atoms with Crippen molar-refractivity contribution >= 4 is 35.4 Å². The Balaban J connectivity index is 1.31. The molecule has 5 amide bonds. The monoisotopic (exact) mass is 512 g/mol. The summed E-state index contributed by atoms with van der Waals surface area (Å²) in [6.07, 6.45) is 4.63. The first-order valence-electron chi connectivity index (χ1n) is 13.0. The van der Waals surface area contributed by atoms with Crippen molar-refractivity contribution in [3.8, 4) is 0 Å². The molecule has 1 aromatic carbocycles. The molecule has 0 bridgehead atoms. The summed E-state index contributed by atoms with van der Waals surface area (Å²) in [5.74, 6) is -1.54. The van der Waals surface area contributed by atoms with Crippen LogP contribution in [0.5, 0.6) is 0 Å². The first-order chi connectivity index (χ1) is 17.5. The number of piperidine rings is 1. The minimum absolute atomic E-state index is 0.0880. The van der Waals surface area contributed by atoms with Crippen molar-refractivity contribution in [3.05, 3.63) is 29.3 Å². The van der Waals surface area contributed by atoms with Crippen LogP contribution in [0, 0.1) is 5.92 Å². The normalized spacial score (nSPS) is 24.0. The lowest BCUT2D eigenvalue weighted by atomic mass is 9.83. The van der Waals surface area contributed by atoms with Crippen LogP contribution < -0.4 is 10.6 Å². The van der Waals surface area contributed by atoms with Gasteiger partial charge in [0, 0.05) is 31.7 Å². The van der Waals surface area contributed by atoms with Crippen LogP contribution in [-0.4, -0.2) is 70.8 Å². The Bertz CT molecular complexity index is 1100. The molecule has 0 radical (unpaired) electrons. The molecule has 4 rings (SSSR count). The average Bonchev–Trinajstić information content (AvgIpc) is 3.09. The lowest BCUT2D eigenvalue weighted by Crippen LogP contribution is -2.54. The van der Waals surface area contributed by atoms with E-state index in [-0.39, 0.29) is 36.1 Å². The van der Waals surface area contributed by atoms with Crippen LogP contribution >= 0.6 is 0 Å². The Hall–Kier alpha value is -3.43. The molecule has 37 heavy (non-hydrogen) atoms. The van der Waals surface area contributed by atoms with E-state index in [0.717, 1.165) is 37.0 Å². The minimum Gasteiger partial charge on any atom is -0.444 e. The van der Waals surface area contributed by atoms with Crippen LogP contribution in [0.3, 0.4) is 0 Å². The van der Waals surface area contributed by atoms with Crippen LogP contribution in [0.15, 0.2) is 18.2 Å². The second kappa shape index (κ2) is 10.5. The van der Waals surface area contributed by atoms with Gasteiger partial charge in [-0.25, -0.2) is 4.79 Å². The lowest BCUT2D eigenvalue weighted by molar-refractivity contribution is -0.136. The number of imide groups is 2. The Morgan fingerprint density at radius 3 is 2.43 bits per heavy atom. The third-order valence-corrected chi connectivity index (χ3v) is 7.38. The van der Waals surface area contributed by atoms with Crippen LogP contribution in [-0.2, 0) is 14.3 Å². The molecule has 0 aromatic heterocycles. The second-order valence-electron chi connectivity index (χ2n) is 11.2. The number of carbonyl (C=O) groups is 5. The largest absolute Gasteiger partial charge is 0.444 e. The number of amides is 5. The zero-order valence-electron chi connectivity index (χ0n) is 22.0. The van der Waals surface area contributed by atoms with E-state index in [1.54, 1.807) is 30.1 Å². The number of hydrogen-bond donors (Lipinski definition) is 2. The SMILES string of the molecule is CN(C(=O)OC(C)(C)C)[C@H]1CC[C@@H](CCNc2cccc3c2C(=O)N(C2CCC(=O)NC2=O)C3=O)CC1. The molecule has 1 atom stereocenters. The van der Waals surface area contributed by atoms with E-state index in [1.165, 1.54) is 0 Å². The molecule has 10 heteroatoms. The summed E-state index contributed by atoms with van der Waals surface area (Å²) < 4.78 is 5.49. The molecule has 2 N–H and O–H groups in total. The molecule has 200 valence electrons. The second-order valence-corrected chi connectivity index (χ2v) is 11.2. The summed E-state index contributed by atoms with van der Waals surface area (Å²) in [4.78, 5) is 65.1. The van der Waals surface area contributed by atoms with Gasteiger partial charge in [0.1, 0.15) is 11.6 Å². The molecule has 3 aliphatic rings. The van der Waals surface area contributed by atoms with Gasteiger partial charge >= 0.3 is 6.09 Å². The lowest BCUT2D eigenvalue weighted by Gasteiger charge is -2.35. The maximum absolute atomic E-state index is 13.2. The van der Waals surface area contributed by atoms with Crippen LogP contribution in [0.25, 0.3) is 0 Å². The summed E-state index contributed by atoms with van der Waals surface area (Å²) in [6, 6.07) is 4.27. The average molecular weight is 513 g/mol. The quantitative estimate of drug-likeness (QED) is 0.560. The van der Waals surface area contributed by atoms with Gasteiger partial charge in [-0.05, 0) is 77.3 Å². The smallest absolute Gasteiger partial charge is 0.410 e. The number of rotatable bonds is 6. The molecule has 1 saturated carbocycles. The van der Waals surface area contributed by atoms with E-state index >= 15 is 0 Å². The summed E-state index contributed by atoms with van der Waals surface area (Å²) >= 11 is 0. The first kappa shape index (κ1) is 26.6. The van der Waals surface area contributed by atoms with Crippen molar-refractivity contribution in [2.24, 2.45) is 5.92 Å². The maximum Gasteiger partial charge on any atom is 0.410 e. The van der Waals surface area contributed by atoms with Gasteiger partial charge in [-0.2, -0.15) is 0 Å². The molecular formula is C27H36N4O6. The molecule has 2 fully saturated rings. The Kier molecular flexibility index (Phi) is 7.57. The third-order valence-electron chi connectivity index (χ3n) is 7.38. The standard InChI is InChI=1S/C27H36N4O6/c1-27(2,3)37-26(36)30(4)17-10-8-16(9-11-17)14-15-28-19-7-5-6-18-22(19)25(35)31(24(18)34)20-12-13-21(32)29-23(20)33/h5-7,16-17,20,28H,8-15H2,1-4H3,(H,29,32,33)/t16-,17+,20?. The Labute approximate surface area is 217 Å². The maximum atomic E-state index is 13.2. The zero-order valence-corrected chi connectivity index (χ0v) is 22.0. The van der Waals surface area contributed by atoms with Gasteiger partial charge < -0.3 is 15.0 Å². The van der Waals surface area contributed by atoms with Crippen molar-refractivity contribution in [1.29, 1.82) is 0 Å². The van der Waals surface area contributed by atoms with Gasteiger partial charge in [0.05, 0.1) is 11.1 Å². The highest BCUT2D eigenvalue weighted by molar-refractivity contribution is 6.25. The summed E-state index contributed by atoms with van der Waals surface area (Å²) in [5.41, 5.74) is 0.603. The van der Waals surface area contributed by atoms with Gasteiger partial charge in [-0.3, -0.25) is 29.4 Å². The number of nitrogens with one attached hydrogen (secondary N) is 2. The topological polar surface area (TPSA) is 125 Å². The minimum atomic E-state index is -0.980.